The average Bonchev–Trinajstić information content (AvgIpc) is 2.21. The van der Waals surface area contributed by atoms with Gasteiger partial charge in [-0.15, -0.1) is 0 Å². The van der Waals surface area contributed by atoms with Gasteiger partial charge in [-0.05, 0) is 29.1 Å². The Hall–Kier alpha value is -0.220. The van der Waals surface area contributed by atoms with Crippen molar-refractivity contribution in [1.82, 2.24) is 0 Å². The van der Waals surface area contributed by atoms with Gasteiger partial charge < -0.3 is 10.2 Å². The molecule has 5 unspecified atom stereocenters. The molecule has 0 saturated heterocycles. The third-order valence-corrected chi connectivity index (χ3v) is 6.11. The minimum absolute atomic E-state index is 0.161. The fourth-order valence-electron chi connectivity index (χ4n) is 4.17. The molecule has 4 heteroatoms. The molecule has 0 spiro atoms. The van der Waals surface area contributed by atoms with Crippen molar-refractivity contribution in [2.24, 2.45) is 28.6 Å². The Kier molecular flexibility index (Phi) is 3.31. The molecule has 2 aliphatic rings. The van der Waals surface area contributed by atoms with E-state index in [-0.39, 0.29) is 11.3 Å². The summed E-state index contributed by atoms with van der Waals surface area (Å²) in [6.45, 7) is 9.66. The highest BCUT2D eigenvalue weighted by molar-refractivity contribution is 5.12. The molecule has 2 N–H and O–H groups in total. The molecule has 0 amide bonds. The zero-order valence-corrected chi connectivity index (χ0v) is 12.5. The van der Waals surface area contributed by atoms with E-state index in [0.717, 1.165) is 6.42 Å². The van der Waals surface area contributed by atoms with E-state index in [4.69, 9.17) is 0 Å². The monoisotopic (exact) mass is 276 g/mol. The molecule has 2 rings (SSSR count). The quantitative estimate of drug-likeness (QED) is 0.831. The van der Waals surface area contributed by atoms with E-state index in [9.17, 15) is 19.0 Å². The Labute approximate surface area is 114 Å². The molecule has 2 nitrogen and oxygen atoms in total. The van der Waals surface area contributed by atoms with Gasteiger partial charge in [0.1, 0.15) is 0 Å². The van der Waals surface area contributed by atoms with Gasteiger partial charge in [-0.25, -0.2) is 8.78 Å². The summed E-state index contributed by atoms with van der Waals surface area (Å²) in [7, 11) is 0. The maximum absolute atomic E-state index is 13.7. The lowest BCUT2D eigenvalue weighted by Crippen LogP contribution is -2.66. The van der Waals surface area contributed by atoms with Crippen LogP contribution in [-0.4, -0.2) is 28.3 Å². The van der Waals surface area contributed by atoms with Crippen LogP contribution >= 0.6 is 0 Å². The van der Waals surface area contributed by atoms with Crippen LogP contribution < -0.4 is 0 Å². The van der Waals surface area contributed by atoms with Crippen LogP contribution in [0.3, 0.4) is 0 Å². The van der Waals surface area contributed by atoms with Gasteiger partial charge >= 0.3 is 0 Å². The van der Waals surface area contributed by atoms with Crippen molar-refractivity contribution >= 4 is 0 Å². The summed E-state index contributed by atoms with van der Waals surface area (Å²) in [6, 6.07) is 0. The van der Waals surface area contributed by atoms with Gasteiger partial charge in [0.25, 0.3) is 5.92 Å². The van der Waals surface area contributed by atoms with Crippen LogP contribution in [0, 0.1) is 28.6 Å². The third kappa shape index (κ3) is 1.94. The largest absolute Gasteiger partial charge is 0.392 e. The van der Waals surface area contributed by atoms with E-state index in [1.165, 1.54) is 0 Å². The van der Waals surface area contributed by atoms with E-state index in [0.29, 0.717) is 5.92 Å². The molecule has 0 bridgehead atoms. The second-order valence-electron chi connectivity index (χ2n) is 7.75. The molecular weight excluding hydrogens is 250 g/mol. The normalized spacial score (nSPS) is 45.8. The summed E-state index contributed by atoms with van der Waals surface area (Å²) >= 11 is 0. The first-order valence-corrected chi connectivity index (χ1v) is 7.18. The number of halogens is 2. The second-order valence-corrected chi connectivity index (χ2v) is 7.75. The summed E-state index contributed by atoms with van der Waals surface area (Å²) in [5.41, 5.74) is -0.930. The maximum atomic E-state index is 13.7. The van der Waals surface area contributed by atoms with Gasteiger partial charge in [0.05, 0.1) is 18.1 Å². The molecule has 19 heavy (non-hydrogen) atoms. The van der Waals surface area contributed by atoms with Crippen LogP contribution in [0.5, 0.6) is 0 Å². The molecule has 0 aromatic rings. The van der Waals surface area contributed by atoms with Gasteiger partial charge in [-0.2, -0.15) is 0 Å². The molecule has 2 fully saturated rings. The number of alkyl halides is 2. The second kappa shape index (κ2) is 4.14. The third-order valence-electron chi connectivity index (χ3n) is 6.11. The SMILES string of the molecule is CC(C)C1(C)CC(C(C)(C)C2C(O)CC2(F)F)C1O. The summed E-state index contributed by atoms with van der Waals surface area (Å²) in [6.07, 6.45) is -1.20. The van der Waals surface area contributed by atoms with E-state index in [2.05, 4.69) is 13.8 Å². The fourth-order valence-corrected chi connectivity index (χ4v) is 4.17. The van der Waals surface area contributed by atoms with Gasteiger partial charge in [0, 0.05) is 6.42 Å². The Bertz CT molecular complexity index is 367. The standard InChI is InChI=1S/C15H26F2O2/c1-8(2)14(5)6-9(12(14)19)13(3,4)11-10(18)7-15(11,16)17/h8-12,18-19H,6-7H2,1-5H3. The Morgan fingerprint density at radius 2 is 1.68 bits per heavy atom. The number of hydrogen-bond donors (Lipinski definition) is 2. The lowest BCUT2D eigenvalue weighted by atomic mass is 9.45. The lowest BCUT2D eigenvalue weighted by molar-refractivity contribution is -0.278. The predicted octanol–water partition coefficient (Wildman–Crippen LogP) is 3.07. The van der Waals surface area contributed by atoms with Gasteiger partial charge in [0.2, 0.25) is 0 Å². The van der Waals surface area contributed by atoms with E-state index >= 15 is 0 Å². The minimum Gasteiger partial charge on any atom is -0.392 e. The topological polar surface area (TPSA) is 40.5 Å². The smallest absolute Gasteiger partial charge is 0.256 e. The summed E-state index contributed by atoms with van der Waals surface area (Å²) in [5, 5.41) is 20.1. The summed E-state index contributed by atoms with van der Waals surface area (Å²) in [4.78, 5) is 0. The highest BCUT2D eigenvalue weighted by atomic mass is 19.3. The van der Waals surface area contributed by atoms with Crippen molar-refractivity contribution in [2.45, 2.75) is 65.6 Å². The highest BCUT2D eigenvalue weighted by Gasteiger charge is 2.67. The minimum atomic E-state index is -2.80. The van der Waals surface area contributed by atoms with Gasteiger partial charge in [0.15, 0.2) is 0 Å². The van der Waals surface area contributed by atoms with Crippen LogP contribution in [-0.2, 0) is 0 Å². The highest BCUT2D eigenvalue weighted by Crippen LogP contribution is 2.63. The van der Waals surface area contributed by atoms with Crippen molar-refractivity contribution in [2.75, 3.05) is 0 Å². The molecule has 0 heterocycles. The van der Waals surface area contributed by atoms with Crippen LogP contribution in [0.1, 0.15) is 47.5 Å². The molecule has 2 saturated carbocycles. The van der Waals surface area contributed by atoms with Crippen LogP contribution in [0.15, 0.2) is 0 Å². The van der Waals surface area contributed by atoms with E-state index < -0.39 is 35.9 Å². The average molecular weight is 276 g/mol. The maximum Gasteiger partial charge on any atom is 0.256 e. The molecule has 0 aromatic carbocycles. The number of aliphatic hydroxyl groups is 2. The predicted molar refractivity (Wildman–Crippen MR) is 69.9 cm³/mol. The van der Waals surface area contributed by atoms with Crippen LogP contribution in [0.2, 0.25) is 0 Å². The first-order chi connectivity index (χ1) is 8.44. The van der Waals surface area contributed by atoms with Gasteiger partial charge in [-0.1, -0.05) is 34.6 Å². The van der Waals surface area contributed by atoms with Gasteiger partial charge in [-0.3, -0.25) is 0 Å². The molecule has 5 atom stereocenters. The number of rotatable bonds is 3. The van der Waals surface area contributed by atoms with Crippen molar-refractivity contribution in [3.63, 3.8) is 0 Å². The zero-order valence-electron chi connectivity index (χ0n) is 12.5. The lowest BCUT2D eigenvalue weighted by Gasteiger charge is -2.63. The Balaban J connectivity index is 2.15. The number of aliphatic hydroxyl groups excluding tert-OH is 2. The molecular formula is C15H26F2O2. The summed E-state index contributed by atoms with van der Waals surface area (Å²) in [5.74, 6) is -3.67. The fraction of sp³-hybridized carbons (Fsp3) is 1.00. The van der Waals surface area contributed by atoms with E-state index in [1.807, 2.05) is 6.92 Å². The number of hydrogen-bond acceptors (Lipinski definition) is 2. The molecule has 0 aromatic heterocycles. The first-order valence-electron chi connectivity index (χ1n) is 7.18. The molecule has 2 aliphatic carbocycles. The van der Waals surface area contributed by atoms with Crippen molar-refractivity contribution < 1.29 is 19.0 Å². The van der Waals surface area contributed by atoms with Crippen molar-refractivity contribution in [1.29, 1.82) is 0 Å². The Morgan fingerprint density at radius 1 is 1.16 bits per heavy atom. The Morgan fingerprint density at radius 3 is 2.00 bits per heavy atom. The van der Waals surface area contributed by atoms with Crippen LogP contribution in [0.25, 0.3) is 0 Å². The summed E-state index contributed by atoms with van der Waals surface area (Å²) < 4.78 is 27.4. The first kappa shape index (κ1) is 15.2. The molecule has 0 radical (unpaired) electrons. The van der Waals surface area contributed by atoms with E-state index in [1.54, 1.807) is 13.8 Å². The van der Waals surface area contributed by atoms with Crippen molar-refractivity contribution in [3.8, 4) is 0 Å². The molecule has 0 aliphatic heterocycles. The molecule has 112 valence electrons. The zero-order chi connectivity index (χ0) is 14.8. The van der Waals surface area contributed by atoms with Crippen molar-refractivity contribution in [3.05, 3.63) is 0 Å². The van der Waals surface area contributed by atoms with Crippen LogP contribution in [0.4, 0.5) is 8.78 Å².